The topological polar surface area (TPSA) is 37.4 Å². The van der Waals surface area contributed by atoms with Crippen molar-refractivity contribution in [2.75, 3.05) is 20.2 Å². The van der Waals surface area contributed by atoms with Gasteiger partial charge in [-0.3, -0.25) is 4.90 Å². The van der Waals surface area contributed by atoms with Crippen LogP contribution in [-0.2, 0) is 6.54 Å². The molecule has 2 aromatic rings. The number of benzene rings is 1. The molecule has 20 heavy (non-hydrogen) atoms. The highest BCUT2D eigenvalue weighted by molar-refractivity contribution is 7.18. The molecule has 0 spiro atoms. The van der Waals surface area contributed by atoms with Crippen molar-refractivity contribution in [2.45, 2.75) is 32.5 Å². The van der Waals surface area contributed by atoms with E-state index in [2.05, 4.69) is 30.1 Å². The molecule has 0 bridgehead atoms. The average molecular weight is 291 g/mol. The summed E-state index contributed by atoms with van der Waals surface area (Å²) in [4.78, 5) is 7.25. The molecule has 108 valence electrons. The maximum absolute atomic E-state index is 5.27. The fourth-order valence-electron chi connectivity index (χ4n) is 2.64. The van der Waals surface area contributed by atoms with Crippen molar-refractivity contribution in [3.8, 4) is 5.75 Å². The van der Waals surface area contributed by atoms with Gasteiger partial charge in [0.05, 0.1) is 23.9 Å². The van der Waals surface area contributed by atoms with Crippen molar-refractivity contribution in [3.05, 3.63) is 23.2 Å². The van der Waals surface area contributed by atoms with Crippen molar-refractivity contribution in [1.82, 2.24) is 15.2 Å². The SMILES string of the molecule is COc1ccc2nc(CN3CC(C)NCC3C)sc2c1. The lowest BCUT2D eigenvalue weighted by molar-refractivity contribution is 0.139. The molecule has 1 aliphatic heterocycles. The smallest absolute Gasteiger partial charge is 0.120 e. The molecule has 0 amide bonds. The van der Waals surface area contributed by atoms with Crippen LogP contribution >= 0.6 is 11.3 Å². The lowest BCUT2D eigenvalue weighted by atomic mass is 10.1. The lowest BCUT2D eigenvalue weighted by Gasteiger charge is -2.36. The molecule has 1 aromatic carbocycles. The fourth-order valence-corrected chi connectivity index (χ4v) is 3.66. The minimum Gasteiger partial charge on any atom is -0.497 e. The Labute approximate surface area is 123 Å². The van der Waals surface area contributed by atoms with Crippen LogP contribution in [0.5, 0.6) is 5.75 Å². The number of methoxy groups -OCH3 is 1. The predicted octanol–water partition coefficient (Wildman–Crippen LogP) is 2.49. The Morgan fingerprint density at radius 3 is 3.10 bits per heavy atom. The van der Waals surface area contributed by atoms with Gasteiger partial charge in [0.15, 0.2) is 0 Å². The first-order valence-corrected chi connectivity index (χ1v) is 7.88. The number of nitrogens with one attached hydrogen (secondary N) is 1. The molecule has 1 saturated heterocycles. The van der Waals surface area contributed by atoms with Crippen LogP contribution in [0.3, 0.4) is 0 Å². The number of fused-ring (bicyclic) bond motifs is 1. The van der Waals surface area contributed by atoms with Crippen molar-refractivity contribution in [1.29, 1.82) is 0 Å². The number of rotatable bonds is 3. The highest BCUT2D eigenvalue weighted by Gasteiger charge is 2.23. The van der Waals surface area contributed by atoms with Gasteiger partial charge in [-0.2, -0.15) is 0 Å². The largest absolute Gasteiger partial charge is 0.497 e. The number of thiazole rings is 1. The van der Waals surface area contributed by atoms with Crippen molar-refractivity contribution in [3.63, 3.8) is 0 Å². The molecule has 5 heteroatoms. The molecule has 0 aliphatic carbocycles. The second-order valence-corrected chi connectivity index (χ2v) is 6.64. The maximum atomic E-state index is 5.27. The zero-order valence-corrected chi connectivity index (χ0v) is 13.0. The number of aromatic nitrogens is 1. The van der Waals surface area contributed by atoms with Crippen LogP contribution in [0.2, 0.25) is 0 Å². The van der Waals surface area contributed by atoms with Crippen LogP contribution in [0.4, 0.5) is 0 Å². The van der Waals surface area contributed by atoms with Gasteiger partial charge in [-0.1, -0.05) is 0 Å². The number of ether oxygens (including phenoxy) is 1. The van der Waals surface area contributed by atoms with E-state index in [0.717, 1.165) is 30.9 Å². The second kappa shape index (κ2) is 5.68. The normalized spacial score (nSPS) is 24.1. The average Bonchev–Trinajstić information content (AvgIpc) is 2.84. The van der Waals surface area contributed by atoms with Crippen LogP contribution in [0, 0.1) is 0 Å². The minimum atomic E-state index is 0.556. The Morgan fingerprint density at radius 2 is 2.30 bits per heavy atom. The van der Waals surface area contributed by atoms with Crippen LogP contribution in [0.25, 0.3) is 10.2 Å². The zero-order chi connectivity index (χ0) is 14.1. The number of piperazine rings is 1. The monoisotopic (exact) mass is 291 g/mol. The Hall–Kier alpha value is -1.17. The van der Waals surface area contributed by atoms with Gasteiger partial charge in [0, 0.05) is 25.2 Å². The van der Waals surface area contributed by atoms with Gasteiger partial charge >= 0.3 is 0 Å². The van der Waals surface area contributed by atoms with Gasteiger partial charge in [-0.05, 0) is 32.0 Å². The van der Waals surface area contributed by atoms with Gasteiger partial charge in [0.1, 0.15) is 10.8 Å². The highest BCUT2D eigenvalue weighted by atomic mass is 32.1. The summed E-state index contributed by atoms with van der Waals surface area (Å²) in [7, 11) is 1.70. The molecule has 1 aliphatic rings. The van der Waals surface area contributed by atoms with Gasteiger partial charge < -0.3 is 10.1 Å². The van der Waals surface area contributed by atoms with Crippen molar-refractivity contribution >= 4 is 21.6 Å². The zero-order valence-electron chi connectivity index (χ0n) is 12.2. The van der Waals surface area contributed by atoms with Crippen LogP contribution < -0.4 is 10.1 Å². The molecule has 2 unspecified atom stereocenters. The lowest BCUT2D eigenvalue weighted by Crippen LogP contribution is -2.53. The summed E-state index contributed by atoms with van der Waals surface area (Å²) >= 11 is 1.77. The van der Waals surface area contributed by atoms with E-state index < -0.39 is 0 Å². The van der Waals surface area contributed by atoms with E-state index >= 15 is 0 Å². The first-order chi connectivity index (χ1) is 9.65. The Morgan fingerprint density at radius 1 is 1.45 bits per heavy atom. The third-order valence-electron chi connectivity index (χ3n) is 3.87. The first kappa shape index (κ1) is 13.8. The van der Waals surface area contributed by atoms with Crippen LogP contribution in [0.15, 0.2) is 18.2 Å². The third-order valence-corrected chi connectivity index (χ3v) is 4.87. The summed E-state index contributed by atoms with van der Waals surface area (Å²) in [5.41, 5.74) is 1.07. The van der Waals surface area contributed by atoms with Crippen LogP contribution in [-0.4, -0.2) is 42.2 Å². The number of hydrogen-bond donors (Lipinski definition) is 1. The van der Waals surface area contributed by atoms with Gasteiger partial charge in [-0.15, -0.1) is 11.3 Å². The second-order valence-electron chi connectivity index (χ2n) is 5.53. The molecule has 4 nitrogen and oxygen atoms in total. The van der Waals surface area contributed by atoms with Gasteiger partial charge in [0.2, 0.25) is 0 Å². The molecule has 2 atom stereocenters. The third kappa shape index (κ3) is 2.80. The predicted molar refractivity (Wildman–Crippen MR) is 83.5 cm³/mol. The summed E-state index contributed by atoms with van der Waals surface area (Å²) in [6.45, 7) is 7.59. The van der Waals surface area contributed by atoms with Crippen molar-refractivity contribution < 1.29 is 4.74 Å². The molecule has 1 fully saturated rings. The number of hydrogen-bond acceptors (Lipinski definition) is 5. The summed E-state index contributed by atoms with van der Waals surface area (Å²) in [6, 6.07) is 7.20. The molecule has 3 rings (SSSR count). The van der Waals surface area contributed by atoms with E-state index in [1.54, 1.807) is 18.4 Å². The molecular formula is C15H21N3OS. The Kier molecular flexibility index (Phi) is 3.92. The highest BCUT2D eigenvalue weighted by Crippen LogP contribution is 2.27. The maximum Gasteiger partial charge on any atom is 0.120 e. The van der Waals surface area contributed by atoms with E-state index in [9.17, 15) is 0 Å². The first-order valence-electron chi connectivity index (χ1n) is 7.06. The molecule has 0 saturated carbocycles. The Bertz CT molecular complexity index is 598. The van der Waals surface area contributed by atoms with E-state index in [1.807, 2.05) is 12.1 Å². The van der Waals surface area contributed by atoms with Gasteiger partial charge in [0.25, 0.3) is 0 Å². The number of nitrogens with zero attached hydrogens (tertiary/aromatic N) is 2. The Balaban J connectivity index is 1.80. The van der Waals surface area contributed by atoms with E-state index in [1.165, 1.54) is 9.71 Å². The van der Waals surface area contributed by atoms with Crippen LogP contribution in [0.1, 0.15) is 18.9 Å². The minimum absolute atomic E-state index is 0.556. The summed E-state index contributed by atoms with van der Waals surface area (Å²) in [5.74, 6) is 0.900. The summed E-state index contributed by atoms with van der Waals surface area (Å²) < 4.78 is 6.48. The van der Waals surface area contributed by atoms with E-state index in [0.29, 0.717) is 12.1 Å². The summed E-state index contributed by atoms with van der Waals surface area (Å²) in [5, 5.41) is 4.70. The summed E-state index contributed by atoms with van der Waals surface area (Å²) in [6.07, 6.45) is 0. The molecule has 2 heterocycles. The molecular weight excluding hydrogens is 270 g/mol. The van der Waals surface area contributed by atoms with Crippen molar-refractivity contribution in [2.24, 2.45) is 0 Å². The molecule has 1 N–H and O–H groups in total. The molecule has 0 radical (unpaired) electrons. The van der Waals surface area contributed by atoms with Gasteiger partial charge in [-0.25, -0.2) is 4.98 Å². The van der Waals surface area contributed by atoms with E-state index in [-0.39, 0.29) is 0 Å². The standard InChI is InChI=1S/C15H21N3OS/c1-10-8-18(11(2)7-16-10)9-15-17-13-5-4-12(19-3)6-14(13)20-15/h4-6,10-11,16H,7-9H2,1-3H3. The molecule has 1 aromatic heterocycles. The quantitative estimate of drug-likeness (QED) is 0.943. The fraction of sp³-hybridized carbons (Fsp3) is 0.533. The van der Waals surface area contributed by atoms with E-state index in [4.69, 9.17) is 9.72 Å².